The fourth-order valence-electron chi connectivity index (χ4n) is 5.78. The van der Waals surface area contributed by atoms with Crippen LogP contribution in [0.25, 0.3) is 0 Å². The Bertz CT molecular complexity index is 1220. The summed E-state index contributed by atoms with van der Waals surface area (Å²) in [6.45, 7) is 15.2. The number of rotatable bonds is 7. The molecule has 4 rings (SSSR count). The maximum atomic E-state index is 13.6. The van der Waals surface area contributed by atoms with Gasteiger partial charge in [-0.1, -0.05) is 93.1 Å². The summed E-state index contributed by atoms with van der Waals surface area (Å²) in [5, 5.41) is 2.17. The molecule has 0 amide bonds. The summed E-state index contributed by atoms with van der Waals surface area (Å²) < 4.78 is 20.9. The average molecular weight is 610 g/mol. The molecule has 0 radical (unpaired) electrons. The summed E-state index contributed by atoms with van der Waals surface area (Å²) in [4.78, 5) is 13.6. The lowest BCUT2D eigenvalue weighted by atomic mass is 9.89. The van der Waals surface area contributed by atoms with Gasteiger partial charge in [0.15, 0.2) is 5.78 Å². The lowest BCUT2D eigenvalue weighted by Gasteiger charge is -2.47. The molecule has 0 bridgehead atoms. The smallest absolute Gasteiger partial charge is 0.261 e. The molecule has 4 nitrogen and oxygen atoms in total. The monoisotopic (exact) mass is 608 g/mol. The minimum Gasteiger partial charge on any atom is -0.403 e. The summed E-state index contributed by atoms with van der Waals surface area (Å²) in [5.74, 6) is -1.21. The molecular formula is C33H41BrO4Si. The van der Waals surface area contributed by atoms with Gasteiger partial charge in [-0.3, -0.25) is 4.79 Å². The van der Waals surface area contributed by atoms with Gasteiger partial charge in [0.05, 0.1) is 23.3 Å². The van der Waals surface area contributed by atoms with Crippen molar-refractivity contribution in [1.29, 1.82) is 0 Å². The van der Waals surface area contributed by atoms with Gasteiger partial charge in [0.2, 0.25) is 5.79 Å². The van der Waals surface area contributed by atoms with Crippen LogP contribution in [0.5, 0.6) is 0 Å². The molecule has 2 aromatic carbocycles. The van der Waals surface area contributed by atoms with E-state index in [1.165, 1.54) is 10.4 Å². The van der Waals surface area contributed by atoms with Gasteiger partial charge >= 0.3 is 0 Å². The lowest BCUT2D eigenvalue weighted by Crippen LogP contribution is -2.67. The van der Waals surface area contributed by atoms with Crippen LogP contribution in [-0.4, -0.2) is 38.7 Å². The van der Waals surface area contributed by atoms with E-state index in [2.05, 4.69) is 105 Å². The minimum absolute atomic E-state index is 0.0360. The largest absolute Gasteiger partial charge is 0.403 e. The van der Waals surface area contributed by atoms with E-state index in [9.17, 15) is 4.79 Å². The number of carbonyl (C=O) groups is 1. The molecule has 2 aromatic rings. The third-order valence-electron chi connectivity index (χ3n) is 7.54. The first-order valence-electron chi connectivity index (χ1n) is 13.8. The van der Waals surface area contributed by atoms with E-state index in [0.717, 1.165) is 12.0 Å². The quantitative estimate of drug-likeness (QED) is 0.251. The van der Waals surface area contributed by atoms with Gasteiger partial charge in [0, 0.05) is 11.1 Å². The van der Waals surface area contributed by atoms with E-state index in [-0.39, 0.29) is 29.6 Å². The highest BCUT2D eigenvalue weighted by atomic mass is 79.9. The van der Waals surface area contributed by atoms with Gasteiger partial charge in [-0.2, -0.15) is 0 Å². The molecule has 0 aromatic heterocycles. The summed E-state index contributed by atoms with van der Waals surface area (Å²) >= 11 is 3.69. The van der Waals surface area contributed by atoms with Crippen LogP contribution < -0.4 is 10.4 Å². The summed E-state index contributed by atoms with van der Waals surface area (Å²) in [5.41, 5.74) is 2.52. The van der Waals surface area contributed by atoms with Crippen molar-refractivity contribution >= 4 is 40.4 Å². The Balaban J connectivity index is 1.84. The predicted octanol–water partition coefficient (Wildman–Crippen LogP) is 6.99. The molecule has 0 saturated carbocycles. The van der Waals surface area contributed by atoms with Gasteiger partial charge in [0.1, 0.15) is 0 Å². The van der Waals surface area contributed by atoms with Crippen molar-refractivity contribution in [3.63, 3.8) is 0 Å². The van der Waals surface area contributed by atoms with E-state index >= 15 is 0 Å². The number of Topliss-reactive ketones (excluding diaryl/α,β-unsaturated/α-hetero) is 1. The van der Waals surface area contributed by atoms with Crippen molar-refractivity contribution in [2.45, 2.75) is 84.3 Å². The minimum atomic E-state index is -2.85. The molecular weight excluding hydrogens is 568 g/mol. The zero-order valence-corrected chi connectivity index (χ0v) is 26.8. The van der Waals surface area contributed by atoms with Gasteiger partial charge in [-0.15, -0.1) is 0 Å². The molecule has 1 spiro atoms. The molecule has 1 saturated heterocycles. The van der Waals surface area contributed by atoms with Crippen molar-refractivity contribution in [2.24, 2.45) is 0 Å². The highest BCUT2D eigenvalue weighted by Crippen LogP contribution is 2.44. The Morgan fingerprint density at radius 1 is 1.00 bits per heavy atom. The predicted molar refractivity (Wildman–Crippen MR) is 165 cm³/mol. The fourth-order valence-corrected chi connectivity index (χ4v) is 10.9. The Kier molecular flexibility index (Phi) is 9.04. The summed E-state index contributed by atoms with van der Waals surface area (Å²) in [7, 11) is -2.85. The van der Waals surface area contributed by atoms with E-state index in [1.807, 2.05) is 32.1 Å². The molecule has 1 heterocycles. The molecule has 2 aliphatic rings. The van der Waals surface area contributed by atoms with E-state index < -0.39 is 14.1 Å². The standard InChI is InChI=1S/C33H41BrO4Si/c1-23(2)18-19-26-21-33(37-24(3)20-25(4)38-33)29(30(34)31(26)35)22-36-39(32(5,6)7,27-14-10-8-11-15-27)28-16-12-9-13-17-28/h8-18,21,24-25H,19-20,22H2,1-7H3/t24-,25-/m0/s1. The molecule has 1 fully saturated rings. The first-order chi connectivity index (χ1) is 18.4. The van der Waals surface area contributed by atoms with Crippen molar-refractivity contribution in [3.05, 3.63) is 94.0 Å². The van der Waals surface area contributed by atoms with Crippen LogP contribution in [0.15, 0.2) is 94.0 Å². The fraction of sp³-hybridized carbons (Fsp3) is 0.424. The van der Waals surface area contributed by atoms with E-state index in [4.69, 9.17) is 13.9 Å². The molecule has 1 aliphatic heterocycles. The van der Waals surface area contributed by atoms with Crippen LogP contribution in [0, 0.1) is 0 Å². The van der Waals surface area contributed by atoms with E-state index in [0.29, 0.717) is 22.0 Å². The Hall–Kier alpha value is -2.09. The van der Waals surface area contributed by atoms with Crippen molar-refractivity contribution in [3.8, 4) is 0 Å². The number of ether oxygens (including phenoxy) is 2. The number of ketones is 1. The van der Waals surface area contributed by atoms with Crippen LogP contribution in [-0.2, 0) is 18.7 Å². The van der Waals surface area contributed by atoms with Gasteiger partial charge in [0.25, 0.3) is 8.32 Å². The number of hydrogen-bond acceptors (Lipinski definition) is 4. The first-order valence-corrected chi connectivity index (χ1v) is 16.5. The zero-order chi connectivity index (χ0) is 28.4. The van der Waals surface area contributed by atoms with E-state index in [1.54, 1.807) is 0 Å². The molecule has 208 valence electrons. The average Bonchev–Trinajstić information content (AvgIpc) is 2.87. The van der Waals surface area contributed by atoms with Gasteiger partial charge in [-0.05, 0) is 78.0 Å². The Morgan fingerprint density at radius 3 is 1.97 bits per heavy atom. The normalized spacial score (nSPS) is 24.1. The van der Waals surface area contributed by atoms with Crippen molar-refractivity contribution < 1.29 is 18.7 Å². The van der Waals surface area contributed by atoms with Crippen LogP contribution in [0.2, 0.25) is 5.04 Å². The summed E-state index contributed by atoms with van der Waals surface area (Å²) in [6, 6.07) is 21.1. The molecule has 1 aliphatic carbocycles. The molecule has 0 unspecified atom stereocenters. The maximum absolute atomic E-state index is 13.6. The van der Waals surface area contributed by atoms with Crippen LogP contribution in [0.4, 0.5) is 0 Å². The second-order valence-electron chi connectivity index (χ2n) is 12.0. The van der Waals surface area contributed by atoms with Gasteiger partial charge < -0.3 is 13.9 Å². The van der Waals surface area contributed by atoms with Crippen LogP contribution >= 0.6 is 15.9 Å². The van der Waals surface area contributed by atoms with Crippen molar-refractivity contribution in [1.82, 2.24) is 0 Å². The number of benzene rings is 2. The maximum Gasteiger partial charge on any atom is 0.261 e. The van der Waals surface area contributed by atoms with Crippen LogP contribution in [0.3, 0.4) is 0 Å². The van der Waals surface area contributed by atoms with Gasteiger partial charge in [-0.25, -0.2) is 0 Å². The second-order valence-corrected chi connectivity index (χ2v) is 17.1. The molecule has 39 heavy (non-hydrogen) atoms. The number of hydrogen-bond donors (Lipinski definition) is 0. The number of halogens is 1. The SMILES string of the molecule is CC(C)=CCC1=CC2(O[C@@H](C)C[C@H](C)O2)C(CO[Si](c2ccccc2)(c2ccccc2)C(C)(C)C)=C(Br)C1=O. The highest BCUT2D eigenvalue weighted by Gasteiger charge is 2.53. The molecule has 6 heteroatoms. The topological polar surface area (TPSA) is 44.8 Å². The Morgan fingerprint density at radius 2 is 1.51 bits per heavy atom. The second kappa shape index (κ2) is 11.8. The molecule has 2 atom stereocenters. The number of allylic oxidation sites excluding steroid dienone is 4. The first kappa shape index (κ1) is 29.9. The number of carbonyl (C=O) groups excluding carboxylic acids is 1. The Labute approximate surface area is 243 Å². The molecule has 0 N–H and O–H groups in total. The highest BCUT2D eigenvalue weighted by molar-refractivity contribution is 9.12. The van der Waals surface area contributed by atoms with Crippen LogP contribution in [0.1, 0.15) is 61.3 Å². The third kappa shape index (κ3) is 6.01. The third-order valence-corrected chi connectivity index (χ3v) is 13.4. The van der Waals surface area contributed by atoms with Crippen molar-refractivity contribution in [2.75, 3.05) is 6.61 Å². The summed E-state index contributed by atoms with van der Waals surface area (Å²) in [6.07, 6.45) is 5.20. The lowest BCUT2D eigenvalue weighted by molar-refractivity contribution is -0.267. The zero-order valence-electron chi connectivity index (χ0n) is 24.2.